The van der Waals surface area contributed by atoms with E-state index >= 15 is 0 Å². The fourth-order valence-corrected chi connectivity index (χ4v) is 3.50. The van der Waals surface area contributed by atoms with E-state index in [2.05, 4.69) is 10.1 Å². The number of amides is 1. The smallest absolute Gasteiger partial charge is 0.406 e. The average molecular weight is 426 g/mol. The lowest BCUT2D eigenvalue weighted by Crippen LogP contribution is -2.28. The third kappa shape index (κ3) is 4.53. The molecule has 4 aromatic rings. The first-order valence-electron chi connectivity index (χ1n) is 9.43. The summed E-state index contributed by atoms with van der Waals surface area (Å²) in [5.74, 6) is -0.697. The summed E-state index contributed by atoms with van der Waals surface area (Å²) in [7, 11) is 0. The van der Waals surface area contributed by atoms with Crippen LogP contribution in [0, 0.1) is 0 Å². The quantitative estimate of drug-likeness (QED) is 0.482. The number of aromatic nitrogens is 1. The number of fused-ring (bicyclic) bond motifs is 2. The van der Waals surface area contributed by atoms with E-state index in [4.69, 9.17) is 0 Å². The van der Waals surface area contributed by atoms with Crippen LogP contribution in [0.25, 0.3) is 21.8 Å². The van der Waals surface area contributed by atoms with Crippen molar-refractivity contribution in [3.8, 4) is 5.75 Å². The number of pyridine rings is 1. The lowest BCUT2D eigenvalue weighted by molar-refractivity contribution is -0.274. The van der Waals surface area contributed by atoms with Gasteiger partial charge in [0.05, 0.1) is 11.0 Å². The van der Waals surface area contributed by atoms with Gasteiger partial charge in [-0.15, -0.1) is 13.2 Å². The van der Waals surface area contributed by atoms with Crippen molar-refractivity contribution in [1.82, 2.24) is 9.88 Å². The number of rotatable bonds is 5. The number of alkyl halides is 3. The highest BCUT2D eigenvalue weighted by atomic mass is 19.4. The molecule has 0 fully saturated rings. The summed E-state index contributed by atoms with van der Waals surface area (Å²) in [5, 5.41) is 3.72. The third-order valence-electron chi connectivity index (χ3n) is 4.80. The molecule has 31 heavy (non-hydrogen) atoms. The maximum absolute atomic E-state index is 12.8. The Morgan fingerprint density at radius 1 is 0.903 bits per heavy atom. The van der Waals surface area contributed by atoms with Crippen LogP contribution in [0.1, 0.15) is 5.56 Å². The second kappa shape index (κ2) is 8.14. The number of carbonyl (C=O) groups excluding carboxylic acids is 1. The molecular weight excluding hydrogens is 409 g/mol. The van der Waals surface area contributed by atoms with Gasteiger partial charge in [0.25, 0.3) is 0 Å². The highest BCUT2D eigenvalue weighted by Gasteiger charge is 2.31. The zero-order chi connectivity index (χ0) is 22.0. The van der Waals surface area contributed by atoms with E-state index in [9.17, 15) is 22.8 Å². The Morgan fingerprint density at radius 2 is 1.52 bits per heavy atom. The van der Waals surface area contributed by atoms with E-state index in [0.717, 1.165) is 0 Å². The standard InChI is InChI=1S/C23H17F3N2O3/c24-23(25,26)31-16-7-5-6-15(12-16)13-27-21(29)14-28-19-10-3-1-8-17(19)22(30)18-9-2-4-11-20(18)28/h1-12H,13-14H2,(H,27,29). The molecule has 0 bridgehead atoms. The van der Waals surface area contributed by atoms with Crippen molar-refractivity contribution in [2.45, 2.75) is 19.5 Å². The lowest BCUT2D eigenvalue weighted by Gasteiger charge is -2.15. The van der Waals surface area contributed by atoms with Crippen LogP contribution in [0.4, 0.5) is 13.2 Å². The second-order valence-corrected chi connectivity index (χ2v) is 6.92. The van der Waals surface area contributed by atoms with Crippen molar-refractivity contribution < 1.29 is 22.7 Å². The summed E-state index contributed by atoms with van der Waals surface area (Å²) in [6, 6.07) is 19.5. The number of nitrogens with one attached hydrogen (secondary N) is 1. The molecule has 5 nitrogen and oxygen atoms in total. The molecule has 0 unspecified atom stereocenters. The zero-order valence-corrected chi connectivity index (χ0v) is 16.1. The number of hydrogen-bond acceptors (Lipinski definition) is 3. The van der Waals surface area contributed by atoms with Gasteiger partial charge in [-0.2, -0.15) is 0 Å². The first kappa shape index (κ1) is 20.5. The molecular formula is C23H17F3N2O3. The molecule has 0 aliphatic heterocycles. The molecule has 4 rings (SSSR count). The Hall–Kier alpha value is -3.81. The maximum Gasteiger partial charge on any atom is 0.573 e. The van der Waals surface area contributed by atoms with Crippen LogP contribution >= 0.6 is 0 Å². The second-order valence-electron chi connectivity index (χ2n) is 6.92. The minimum Gasteiger partial charge on any atom is -0.406 e. The monoisotopic (exact) mass is 426 g/mol. The molecule has 8 heteroatoms. The Morgan fingerprint density at radius 3 is 2.13 bits per heavy atom. The Bertz CT molecular complexity index is 1270. The molecule has 0 spiro atoms. The van der Waals surface area contributed by atoms with Crippen molar-refractivity contribution in [2.75, 3.05) is 0 Å². The molecule has 1 N–H and O–H groups in total. The van der Waals surface area contributed by atoms with Crippen LogP contribution in [0.3, 0.4) is 0 Å². The van der Waals surface area contributed by atoms with Gasteiger partial charge >= 0.3 is 6.36 Å². The number of ether oxygens (including phenoxy) is 1. The SMILES string of the molecule is O=C(Cn1c2ccccc2c(=O)c2ccccc21)NCc1cccc(OC(F)(F)F)c1. The van der Waals surface area contributed by atoms with E-state index in [0.29, 0.717) is 27.4 Å². The highest BCUT2D eigenvalue weighted by molar-refractivity contribution is 5.94. The van der Waals surface area contributed by atoms with Crippen LogP contribution < -0.4 is 15.5 Å². The van der Waals surface area contributed by atoms with Crippen LogP contribution in [-0.2, 0) is 17.9 Å². The number of carbonyl (C=O) groups is 1. The third-order valence-corrected chi connectivity index (χ3v) is 4.80. The van der Waals surface area contributed by atoms with Gasteiger partial charge in [0, 0.05) is 17.3 Å². The number of halogens is 3. The molecule has 158 valence electrons. The Labute approximate surface area is 174 Å². The van der Waals surface area contributed by atoms with E-state index in [1.807, 2.05) is 0 Å². The Kier molecular flexibility index (Phi) is 5.37. The van der Waals surface area contributed by atoms with Gasteiger partial charge < -0.3 is 14.6 Å². The van der Waals surface area contributed by atoms with Crippen molar-refractivity contribution >= 4 is 27.7 Å². The molecule has 0 aliphatic rings. The predicted octanol–water partition coefficient (Wildman–Crippen LogP) is 4.37. The van der Waals surface area contributed by atoms with Crippen molar-refractivity contribution in [3.63, 3.8) is 0 Å². The Balaban J connectivity index is 1.58. The van der Waals surface area contributed by atoms with E-state index in [1.54, 1.807) is 59.2 Å². The van der Waals surface area contributed by atoms with E-state index in [-0.39, 0.29) is 30.2 Å². The minimum atomic E-state index is -4.78. The summed E-state index contributed by atoms with van der Waals surface area (Å²) in [5.41, 5.74) is 1.61. The highest BCUT2D eigenvalue weighted by Crippen LogP contribution is 2.23. The first-order chi connectivity index (χ1) is 14.8. The zero-order valence-electron chi connectivity index (χ0n) is 16.1. The fraction of sp³-hybridized carbons (Fsp3) is 0.130. The number of nitrogens with zero attached hydrogens (tertiary/aromatic N) is 1. The topological polar surface area (TPSA) is 60.3 Å². The van der Waals surface area contributed by atoms with Gasteiger partial charge in [-0.05, 0) is 42.0 Å². The first-order valence-corrected chi connectivity index (χ1v) is 9.43. The van der Waals surface area contributed by atoms with Crippen LogP contribution in [0.5, 0.6) is 5.75 Å². The molecule has 0 saturated carbocycles. The summed E-state index contributed by atoms with van der Waals surface area (Å²) in [6.45, 7) is -0.0238. The number of benzene rings is 3. The molecule has 1 amide bonds. The predicted molar refractivity (Wildman–Crippen MR) is 111 cm³/mol. The molecule has 3 aromatic carbocycles. The fourth-order valence-electron chi connectivity index (χ4n) is 3.50. The van der Waals surface area contributed by atoms with Crippen LogP contribution in [0.15, 0.2) is 77.6 Å². The summed E-state index contributed by atoms with van der Waals surface area (Å²) in [4.78, 5) is 25.4. The molecule has 0 atom stereocenters. The van der Waals surface area contributed by atoms with Crippen LogP contribution in [0.2, 0.25) is 0 Å². The summed E-state index contributed by atoms with van der Waals surface area (Å²) in [6.07, 6.45) is -4.78. The normalized spacial score (nSPS) is 11.6. The van der Waals surface area contributed by atoms with Gasteiger partial charge in [-0.25, -0.2) is 0 Å². The minimum absolute atomic E-state index is 0.0317. The number of hydrogen-bond donors (Lipinski definition) is 1. The maximum atomic E-state index is 12.8. The van der Waals surface area contributed by atoms with E-state index in [1.165, 1.54) is 18.2 Å². The van der Waals surface area contributed by atoms with E-state index < -0.39 is 6.36 Å². The lowest BCUT2D eigenvalue weighted by atomic mass is 10.1. The molecule has 1 aromatic heterocycles. The van der Waals surface area contributed by atoms with Gasteiger partial charge in [-0.1, -0.05) is 36.4 Å². The van der Waals surface area contributed by atoms with Gasteiger partial charge in [0.2, 0.25) is 5.91 Å². The average Bonchev–Trinajstić information content (AvgIpc) is 2.74. The molecule has 0 saturated heterocycles. The summed E-state index contributed by atoms with van der Waals surface area (Å²) >= 11 is 0. The number of para-hydroxylation sites is 2. The van der Waals surface area contributed by atoms with Gasteiger partial charge in [0.1, 0.15) is 12.3 Å². The largest absolute Gasteiger partial charge is 0.573 e. The van der Waals surface area contributed by atoms with Gasteiger partial charge in [0.15, 0.2) is 5.43 Å². The van der Waals surface area contributed by atoms with Crippen molar-refractivity contribution in [1.29, 1.82) is 0 Å². The molecule has 0 radical (unpaired) electrons. The van der Waals surface area contributed by atoms with Crippen molar-refractivity contribution in [3.05, 3.63) is 88.6 Å². The van der Waals surface area contributed by atoms with Gasteiger partial charge in [-0.3, -0.25) is 9.59 Å². The molecule has 0 aliphatic carbocycles. The van der Waals surface area contributed by atoms with Crippen LogP contribution in [-0.4, -0.2) is 16.8 Å². The summed E-state index contributed by atoms with van der Waals surface area (Å²) < 4.78 is 42.8. The van der Waals surface area contributed by atoms with Crippen molar-refractivity contribution in [2.24, 2.45) is 0 Å². The molecule has 1 heterocycles.